The van der Waals surface area contributed by atoms with Crippen LogP contribution in [0.15, 0.2) is 0 Å². The Morgan fingerprint density at radius 3 is 2.53 bits per heavy atom. The van der Waals surface area contributed by atoms with Gasteiger partial charge in [0.05, 0.1) is 5.69 Å². The van der Waals surface area contributed by atoms with E-state index in [1.165, 1.54) is 23.9 Å². The first-order valence-corrected chi connectivity index (χ1v) is 6.05. The van der Waals surface area contributed by atoms with Gasteiger partial charge in [-0.3, -0.25) is 0 Å². The number of unbranched alkanes of at least 4 members (excludes halogenated alkanes) is 3. The van der Waals surface area contributed by atoms with E-state index >= 15 is 0 Å². The molecule has 0 aromatic carbocycles. The maximum atomic E-state index is 13.5. The minimum atomic E-state index is -0.224. The highest BCUT2D eigenvalue weighted by Crippen LogP contribution is 2.10. The van der Waals surface area contributed by atoms with E-state index in [2.05, 4.69) is 17.3 Å². The predicted octanol–water partition coefficient (Wildman–Crippen LogP) is 2.96. The summed E-state index contributed by atoms with van der Waals surface area (Å²) in [4.78, 5) is 0. The number of rotatable bonds is 7. The maximum absolute atomic E-state index is 13.5. The van der Waals surface area contributed by atoms with Gasteiger partial charge in [-0.2, -0.15) is 9.49 Å². The third-order valence-corrected chi connectivity index (χ3v) is 2.78. The van der Waals surface area contributed by atoms with Crippen LogP contribution in [0.25, 0.3) is 0 Å². The number of nitrogens with one attached hydrogen (secondary N) is 1. The van der Waals surface area contributed by atoms with Gasteiger partial charge in [0.15, 0.2) is 0 Å². The largest absolute Gasteiger partial charge is 0.312 e. The SMILES string of the molecule is CCCCCCNCc1c(C)nn(C)c1F.Cl. The van der Waals surface area contributed by atoms with Crippen molar-refractivity contribution in [1.82, 2.24) is 15.1 Å². The third kappa shape index (κ3) is 5.04. The van der Waals surface area contributed by atoms with Gasteiger partial charge in [-0.25, -0.2) is 4.68 Å². The zero-order valence-corrected chi connectivity index (χ0v) is 11.7. The number of halogens is 2. The molecule has 3 nitrogen and oxygen atoms in total. The normalized spacial score (nSPS) is 10.4. The second-order valence-corrected chi connectivity index (χ2v) is 4.22. The van der Waals surface area contributed by atoms with Gasteiger partial charge >= 0.3 is 0 Å². The predicted molar refractivity (Wildman–Crippen MR) is 71.0 cm³/mol. The van der Waals surface area contributed by atoms with Crippen molar-refractivity contribution >= 4 is 12.4 Å². The minimum absolute atomic E-state index is 0. The molecule has 0 spiro atoms. The molecular weight excluding hydrogens is 241 g/mol. The molecule has 0 amide bonds. The van der Waals surface area contributed by atoms with Crippen molar-refractivity contribution in [2.45, 2.75) is 46.1 Å². The van der Waals surface area contributed by atoms with Crippen molar-refractivity contribution in [3.63, 3.8) is 0 Å². The summed E-state index contributed by atoms with van der Waals surface area (Å²) in [7, 11) is 1.63. The molecule has 0 aliphatic carbocycles. The van der Waals surface area contributed by atoms with Crippen LogP contribution in [0.2, 0.25) is 0 Å². The highest BCUT2D eigenvalue weighted by Gasteiger charge is 2.11. The lowest BCUT2D eigenvalue weighted by molar-refractivity contribution is 0.488. The fourth-order valence-electron chi connectivity index (χ4n) is 1.76. The summed E-state index contributed by atoms with van der Waals surface area (Å²) in [5.41, 5.74) is 1.47. The molecule has 1 heterocycles. The molecule has 0 fully saturated rings. The first-order chi connectivity index (χ1) is 7.66. The summed E-state index contributed by atoms with van der Waals surface area (Å²) >= 11 is 0. The molecule has 0 atom stereocenters. The zero-order valence-electron chi connectivity index (χ0n) is 10.9. The summed E-state index contributed by atoms with van der Waals surface area (Å²) in [6.07, 6.45) is 4.94. The first kappa shape index (κ1) is 16.4. The Morgan fingerprint density at radius 1 is 1.29 bits per heavy atom. The average molecular weight is 264 g/mol. The number of hydrogen-bond donors (Lipinski definition) is 1. The van der Waals surface area contributed by atoms with Gasteiger partial charge < -0.3 is 5.32 Å². The molecule has 100 valence electrons. The van der Waals surface area contributed by atoms with Gasteiger partial charge in [-0.1, -0.05) is 26.2 Å². The highest BCUT2D eigenvalue weighted by atomic mass is 35.5. The van der Waals surface area contributed by atoms with Crippen molar-refractivity contribution in [3.05, 3.63) is 17.2 Å². The van der Waals surface area contributed by atoms with Crippen molar-refractivity contribution in [1.29, 1.82) is 0 Å². The first-order valence-electron chi connectivity index (χ1n) is 6.05. The standard InChI is InChI=1S/C12H22FN3.ClH/c1-4-5-6-7-8-14-9-11-10(2)15-16(3)12(11)13;/h14H,4-9H2,1-3H3;1H. The van der Waals surface area contributed by atoms with Gasteiger partial charge in [0.2, 0.25) is 5.95 Å². The van der Waals surface area contributed by atoms with E-state index < -0.39 is 0 Å². The number of hydrogen-bond acceptors (Lipinski definition) is 2. The van der Waals surface area contributed by atoms with Gasteiger partial charge in [0.1, 0.15) is 0 Å². The summed E-state index contributed by atoms with van der Waals surface area (Å²) < 4.78 is 14.8. The molecule has 0 radical (unpaired) electrons. The van der Waals surface area contributed by atoms with E-state index in [0.29, 0.717) is 12.1 Å². The van der Waals surface area contributed by atoms with E-state index in [1.807, 2.05) is 6.92 Å². The molecule has 0 unspecified atom stereocenters. The van der Waals surface area contributed by atoms with Crippen LogP contribution >= 0.6 is 12.4 Å². The quantitative estimate of drug-likeness (QED) is 0.767. The van der Waals surface area contributed by atoms with Crippen LogP contribution in [0.1, 0.15) is 43.9 Å². The Kier molecular flexibility index (Phi) is 8.17. The van der Waals surface area contributed by atoms with Gasteiger partial charge in [-0.05, 0) is 19.9 Å². The van der Waals surface area contributed by atoms with Crippen LogP contribution in [0.5, 0.6) is 0 Å². The molecule has 1 rings (SSSR count). The average Bonchev–Trinajstić information content (AvgIpc) is 2.49. The van der Waals surface area contributed by atoms with Crippen LogP contribution in [-0.2, 0) is 13.6 Å². The molecule has 1 aromatic rings. The minimum Gasteiger partial charge on any atom is -0.312 e. The molecular formula is C12H23ClFN3. The Hall–Kier alpha value is -0.610. The Morgan fingerprint density at radius 2 is 2.00 bits per heavy atom. The van der Waals surface area contributed by atoms with Gasteiger partial charge in [0.25, 0.3) is 0 Å². The third-order valence-electron chi connectivity index (χ3n) is 2.78. The van der Waals surface area contributed by atoms with E-state index in [-0.39, 0.29) is 18.4 Å². The lowest BCUT2D eigenvalue weighted by Crippen LogP contribution is -2.16. The van der Waals surface area contributed by atoms with Crippen LogP contribution in [0.3, 0.4) is 0 Å². The fourth-order valence-corrected chi connectivity index (χ4v) is 1.76. The zero-order chi connectivity index (χ0) is 12.0. The number of aromatic nitrogens is 2. The summed E-state index contributed by atoms with van der Waals surface area (Å²) in [5.74, 6) is -0.224. The molecule has 0 aliphatic heterocycles. The van der Waals surface area contributed by atoms with E-state index in [4.69, 9.17) is 0 Å². The monoisotopic (exact) mass is 263 g/mol. The second kappa shape index (κ2) is 8.48. The fraction of sp³-hybridized carbons (Fsp3) is 0.750. The molecule has 0 saturated heterocycles. The van der Waals surface area contributed by atoms with E-state index in [0.717, 1.165) is 18.7 Å². The van der Waals surface area contributed by atoms with Gasteiger partial charge in [0, 0.05) is 19.2 Å². The lowest BCUT2D eigenvalue weighted by Gasteiger charge is -2.03. The lowest BCUT2D eigenvalue weighted by atomic mass is 10.2. The van der Waals surface area contributed by atoms with E-state index in [1.54, 1.807) is 7.05 Å². The van der Waals surface area contributed by atoms with E-state index in [9.17, 15) is 4.39 Å². The Labute approximate surface area is 109 Å². The maximum Gasteiger partial charge on any atom is 0.215 e. The second-order valence-electron chi connectivity index (χ2n) is 4.22. The van der Waals surface area contributed by atoms with Crippen molar-refractivity contribution in [3.8, 4) is 0 Å². The van der Waals surface area contributed by atoms with Gasteiger partial charge in [-0.15, -0.1) is 12.4 Å². The summed E-state index contributed by atoms with van der Waals surface area (Å²) in [6, 6.07) is 0. The smallest absolute Gasteiger partial charge is 0.215 e. The van der Waals surface area contributed by atoms with Crippen LogP contribution < -0.4 is 5.32 Å². The molecule has 1 N–H and O–H groups in total. The molecule has 0 aliphatic rings. The number of aryl methyl sites for hydroxylation is 2. The molecule has 5 heteroatoms. The van der Waals surface area contributed by atoms with Crippen LogP contribution in [-0.4, -0.2) is 16.3 Å². The number of nitrogens with zero attached hydrogens (tertiary/aromatic N) is 2. The summed E-state index contributed by atoms with van der Waals surface area (Å²) in [5, 5.41) is 7.30. The molecule has 1 aromatic heterocycles. The highest BCUT2D eigenvalue weighted by molar-refractivity contribution is 5.85. The molecule has 0 bridgehead atoms. The Bertz CT molecular complexity index is 326. The Balaban J connectivity index is 0.00000256. The molecule has 0 saturated carbocycles. The van der Waals surface area contributed by atoms with Crippen LogP contribution in [0, 0.1) is 12.9 Å². The topological polar surface area (TPSA) is 29.9 Å². The molecule has 17 heavy (non-hydrogen) atoms. The summed E-state index contributed by atoms with van der Waals surface area (Å²) in [6.45, 7) is 5.57. The van der Waals surface area contributed by atoms with Crippen molar-refractivity contribution < 1.29 is 4.39 Å². The van der Waals surface area contributed by atoms with Crippen LogP contribution in [0.4, 0.5) is 4.39 Å². The van der Waals surface area contributed by atoms with Crippen molar-refractivity contribution in [2.24, 2.45) is 7.05 Å². The van der Waals surface area contributed by atoms with Crippen molar-refractivity contribution in [2.75, 3.05) is 6.54 Å².